The molecular weight excluding hydrogens is 1770 g/mol. The number of benzene rings is 19. The minimum atomic E-state index is 0.484. The van der Waals surface area contributed by atoms with Gasteiger partial charge in [0.15, 0.2) is 4.34 Å². The summed E-state index contributed by atoms with van der Waals surface area (Å²) in [6.45, 7) is 41.4. The summed E-state index contributed by atoms with van der Waals surface area (Å²) in [5.74, 6) is 1.58. The van der Waals surface area contributed by atoms with Crippen molar-refractivity contribution in [2.45, 2.75) is 200 Å². The Labute approximate surface area is 880 Å². The van der Waals surface area contributed by atoms with Gasteiger partial charge in [-0.3, -0.25) is 0 Å². The summed E-state index contributed by atoms with van der Waals surface area (Å²) in [6.07, 6.45) is 9.41. The van der Waals surface area contributed by atoms with Crippen LogP contribution in [0.5, 0.6) is 0 Å². The van der Waals surface area contributed by atoms with Crippen LogP contribution in [0.25, 0.3) is 76.3 Å². The third-order valence-corrected chi connectivity index (χ3v) is 23.0. The minimum Gasteiger partial charge on any atom is -0.230 e. The van der Waals surface area contributed by atoms with E-state index in [1.807, 2.05) is 184 Å². The van der Waals surface area contributed by atoms with Crippen LogP contribution in [0.1, 0.15) is 226 Å². The lowest BCUT2D eigenvalue weighted by atomic mass is 9.86. The molecule has 3 heteroatoms. The number of rotatable bonds is 6. The van der Waals surface area contributed by atoms with Crippen LogP contribution in [-0.2, 0) is 25.7 Å². The lowest BCUT2D eigenvalue weighted by Gasteiger charge is -2.18. The Morgan fingerprint density at radius 2 is 0.368 bits per heavy atom. The van der Waals surface area contributed by atoms with Gasteiger partial charge in [-0.25, -0.2) is 4.98 Å². The van der Waals surface area contributed by atoms with Gasteiger partial charge in [0, 0.05) is 5.92 Å². The molecule has 1 heterocycles. The summed E-state index contributed by atoms with van der Waals surface area (Å²) >= 11 is 3.58. The zero-order chi connectivity index (χ0) is 104. The molecule has 1 nitrogen and oxygen atoms in total. The molecule has 23 rings (SSSR count). The molecular formula is C141H165NS2. The fourth-order valence-corrected chi connectivity index (χ4v) is 16.6. The number of aromatic nitrogens is 1. The van der Waals surface area contributed by atoms with Crippen LogP contribution in [-0.4, -0.2) is 10.7 Å². The molecule has 3 aliphatic carbocycles. The maximum atomic E-state index is 4.48. The Balaban J connectivity index is 0.000000325. The van der Waals surface area contributed by atoms with Crippen molar-refractivity contribution >= 4 is 54.9 Å². The number of nitrogens with zero attached hydrogens (tertiary/aromatic N) is 1. The average Bonchev–Trinajstić information content (AvgIpc) is 1.65. The number of hydrogen-bond acceptors (Lipinski definition) is 3. The maximum absolute atomic E-state index is 4.48. The van der Waals surface area contributed by atoms with Crippen molar-refractivity contribution in [2.75, 3.05) is 5.75 Å². The quantitative estimate of drug-likeness (QED) is 0.154. The van der Waals surface area contributed by atoms with Gasteiger partial charge >= 0.3 is 0 Å². The van der Waals surface area contributed by atoms with Crippen molar-refractivity contribution < 1.29 is 0 Å². The second kappa shape index (κ2) is 80.5. The first-order chi connectivity index (χ1) is 71.1. The van der Waals surface area contributed by atoms with Crippen LogP contribution in [0.15, 0.2) is 526 Å². The molecule has 19 aromatic carbocycles. The molecule has 0 bridgehead atoms. The van der Waals surface area contributed by atoms with Gasteiger partial charge in [-0.2, -0.15) is 0 Å². The van der Waals surface area contributed by atoms with Gasteiger partial charge in [0.1, 0.15) is 0 Å². The molecule has 0 N–H and O–H groups in total. The van der Waals surface area contributed by atoms with Gasteiger partial charge in [0.25, 0.3) is 0 Å². The summed E-state index contributed by atoms with van der Waals surface area (Å²) in [7, 11) is 0. The standard InChI is InChI=1S/C14H12.C14H14.2C13H10.2C12H10.2C10H8.C9H9NS2.2C6H6.4C3H8.5C2H6/c1-2-6-12-10-14-8-4-3-7-13(14)9-11(12)5-1;1-12(13-8-4-2-5-9-13)14-10-6-3-7-11-14;2*1-3-7-12-10(5-1)9-11-6-2-4-8-13(11)12;2*1-3-7-11(8-4-1)12-9-5-2-6-10-12;2*1-2-6-10-8-4-3-7-9(10)5-1;1-2-11-9-10-7-5-3-4-6-8(7)12-9;2*1-2-4-6-5-3-1;4*1-3-2;5*1-2/h1-8H,9-10H2;2-12H,1H3;2*1-8H,9H2;2*1-10H;2*1-8H;3-6H,2H2,1H3;2*1-6H;4*3H2,1-2H3;5*1-2H3. The number of thiazole rings is 1. The van der Waals surface area contributed by atoms with E-state index >= 15 is 0 Å². The molecule has 0 spiro atoms. The molecule has 0 atom stereocenters. The molecule has 3 aliphatic rings. The highest BCUT2D eigenvalue weighted by atomic mass is 32.2. The second-order valence-corrected chi connectivity index (χ2v) is 34.6. The molecule has 144 heavy (non-hydrogen) atoms. The van der Waals surface area contributed by atoms with Crippen LogP contribution < -0.4 is 0 Å². The van der Waals surface area contributed by atoms with E-state index in [4.69, 9.17) is 0 Å². The first-order valence-electron chi connectivity index (χ1n) is 52.8. The predicted molar refractivity (Wildman–Crippen MR) is 649 cm³/mol. The summed E-state index contributed by atoms with van der Waals surface area (Å²) < 4.78 is 2.46. The van der Waals surface area contributed by atoms with E-state index in [-0.39, 0.29) is 0 Å². The van der Waals surface area contributed by atoms with Crippen LogP contribution >= 0.6 is 23.1 Å². The van der Waals surface area contributed by atoms with Crippen molar-refractivity contribution in [2.24, 2.45) is 0 Å². The van der Waals surface area contributed by atoms with E-state index in [0.29, 0.717) is 5.92 Å². The van der Waals surface area contributed by atoms with Gasteiger partial charge in [-0.15, -0.1) is 11.3 Å². The van der Waals surface area contributed by atoms with Crippen LogP contribution in [0.4, 0.5) is 0 Å². The highest BCUT2D eigenvalue weighted by molar-refractivity contribution is 8.01. The summed E-state index contributed by atoms with van der Waals surface area (Å²) in [5, 5.41) is 5.24. The zero-order valence-electron chi connectivity index (χ0n) is 90.4. The molecule has 1 aromatic heterocycles. The first kappa shape index (κ1) is 122. The van der Waals surface area contributed by atoms with Crippen molar-refractivity contribution in [3.63, 3.8) is 0 Å². The predicted octanol–water partition coefficient (Wildman–Crippen LogP) is 43.5. The molecule has 0 aliphatic heterocycles. The summed E-state index contributed by atoms with van der Waals surface area (Å²) in [6, 6.07) is 181. The van der Waals surface area contributed by atoms with Gasteiger partial charge in [0.05, 0.1) is 10.2 Å². The molecule has 0 saturated heterocycles. The van der Waals surface area contributed by atoms with Crippen molar-refractivity contribution in [1.29, 1.82) is 0 Å². The largest absolute Gasteiger partial charge is 0.230 e. The van der Waals surface area contributed by atoms with Crippen LogP contribution in [0.2, 0.25) is 0 Å². The number of hydrogen-bond donors (Lipinski definition) is 0. The van der Waals surface area contributed by atoms with Crippen molar-refractivity contribution in [3.05, 3.63) is 577 Å². The normalized spacial score (nSPS) is 9.78. The SMILES string of the molecule is CC.CC.CC.CC.CC.CC(c1ccccc1)c1ccccc1.CCC.CCC.CCC.CCC.CCSc1nc2ccccc2s1.c1ccc(-c2ccccc2)cc1.c1ccc(-c2ccccc2)cc1.c1ccc2c(c1)Cc1ccccc1-2.c1ccc2c(c1)Cc1ccccc1-2.c1ccc2c(c1)Cc1ccccc1C2.c1ccc2ccccc2c1.c1ccc2ccccc2c1.c1ccccc1.c1ccccc1. The van der Waals surface area contributed by atoms with E-state index in [0.717, 1.165) is 37.0 Å². The van der Waals surface area contributed by atoms with Crippen LogP contribution in [0.3, 0.4) is 0 Å². The monoisotopic (exact) mass is 1940 g/mol. The third-order valence-electron chi connectivity index (χ3n) is 21.0. The highest BCUT2D eigenvalue weighted by Gasteiger charge is 2.18. The Hall–Kier alpha value is -14.1. The fraction of sp³-hybridized carbons (Fsp3) is 0.213. The molecule has 20 aromatic rings. The Bertz CT molecular complexity index is 5640. The van der Waals surface area contributed by atoms with Gasteiger partial charge in [-0.1, -0.05) is 685 Å². The minimum absolute atomic E-state index is 0.484. The van der Waals surface area contributed by atoms with Crippen LogP contribution in [0, 0.1) is 0 Å². The Morgan fingerprint density at radius 1 is 0.201 bits per heavy atom. The highest BCUT2D eigenvalue weighted by Crippen LogP contribution is 2.38. The smallest absolute Gasteiger partial charge is 0.151 e. The first-order valence-corrected chi connectivity index (χ1v) is 54.6. The Morgan fingerprint density at radius 3 is 0.583 bits per heavy atom. The van der Waals surface area contributed by atoms with E-state index in [9.17, 15) is 0 Å². The van der Waals surface area contributed by atoms with Gasteiger partial charge in [0.2, 0.25) is 0 Å². The van der Waals surface area contributed by atoms with E-state index in [2.05, 4.69) is 493 Å². The fourth-order valence-electron chi connectivity index (χ4n) is 14.6. The molecule has 0 unspecified atom stereocenters. The lowest BCUT2D eigenvalue weighted by molar-refractivity contribution is 0.922. The summed E-state index contributed by atoms with van der Waals surface area (Å²) in [5.41, 5.74) is 26.4. The number of para-hydroxylation sites is 1. The molecule has 0 amide bonds. The molecule has 0 fully saturated rings. The third kappa shape index (κ3) is 46.8. The number of thioether (sulfide) groups is 1. The molecule has 0 saturated carbocycles. The average molecular weight is 1940 g/mol. The topological polar surface area (TPSA) is 12.9 Å². The van der Waals surface area contributed by atoms with Crippen molar-refractivity contribution in [1.82, 2.24) is 4.98 Å². The van der Waals surface area contributed by atoms with E-state index < -0.39 is 0 Å². The van der Waals surface area contributed by atoms with E-state index in [1.54, 1.807) is 11.3 Å². The number of fused-ring (bicyclic) bond motifs is 11. The molecule has 746 valence electrons. The lowest BCUT2D eigenvalue weighted by Crippen LogP contribution is -2.06. The Kier molecular flexibility index (Phi) is 68.3. The van der Waals surface area contributed by atoms with Gasteiger partial charge < -0.3 is 0 Å². The summed E-state index contributed by atoms with van der Waals surface area (Å²) in [4.78, 5) is 4.48. The van der Waals surface area contributed by atoms with Crippen molar-refractivity contribution in [3.8, 4) is 44.5 Å². The van der Waals surface area contributed by atoms with E-state index in [1.165, 1.54) is 156 Å². The second-order valence-electron chi connectivity index (χ2n) is 32.1. The maximum Gasteiger partial charge on any atom is 0.151 e. The molecule has 0 radical (unpaired) electrons. The van der Waals surface area contributed by atoms with Gasteiger partial charge in [-0.05, 0) is 165 Å². The zero-order valence-corrected chi connectivity index (χ0v) is 92.0.